The van der Waals surface area contributed by atoms with Gasteiger partial charge in [0.25, 0.3) is 0 Å². The Balaban J connectivity index is 1.97. The third kappa shape index (κ3) is 3.77. The first-order valence-electron chi connectivity index (χ1n) is 7.52. The first kappa shape index (κ1) is 14.9. The third-order valence-electron chi connectivity index (χ3n) is 4.22. The zero-order chi connectivity index (χ0) is 13.8. The van der Waals surface area contributed by atoms with Crippen LogP contribution in [0.4, 0.5) is 0 Å². The molecule has 0 saturated carbocycles. The number of nitrogens with two attached hydrogens (primary N) is 1. The average Bonchev–Trinajstić information content (AvgIpc) is 2.88. The fraction of sp³-hybridized carbons (Fsp3) is 0.800. The molecule has 2 atom stereocenters. The Morgan fingerprint density at radius 1 is 1.53 bits per heavy atom. The van der Waals surface area contributed by atoms with Crippen LogP contribution in [0.25, 0.3) is 0 Å². The zero-order valence-corrected chi connectivity index (χ0v) is 13.2. The van der Waals surface area contributed by atoms with Gasteiger partial charge in [0.2, 0.25) is 0 Å². The second-order valence-corrected chi connectivity index (χ2v) is 6.88. The van der Waals surface area contributed by atoms with Crippen molar-refractivity contribution in [2.45, 2.75) is 58.5 Å². The molecular weight excluding hydrogens is 254 g/mol. The lowest BCUT2D eigenvalue weighted by atomic mass is 9.89. The molecule has 1 aliphatic rings. The summed E-state index contributed by atoms with van der Waals surface area (Å²) < 4.78 is 0. The number of thiazole rings is 1. The second-order valence-electron chi connectivity index (χ2n) is 5.99. The molecular formula is C15H27N3S. The molecule has 2 unspecified atom stereocenters. The molecule has 1 fully saturated rings. The molecule has 4 heteroatoms. The van der Waals surface area contributed by atoms with Gasteiger partial charge in [-0.05, 0) is 25.3 Å². The highest BCUT2D eigenvalue weighted by molar-refractivity contribution is 7.09. The molecule has 1 aliphatic heterocycles. The van der Waals surface area contributed by atoms with Crippen LogP contribution in [0.2, 0.25) is 0 Å². The summed E-state index contributed by atoms with van der Waals surface area (Å²) in [6.45, 7) is 9.63. The summed E-state index contributed by atoms with van der Waals surface area (Å²) in [5.41, 5.74) is 7.18. The van der Waals surface area contributed by atoms with Gasteiger partial charge in [0.05, 0.1) is 10.7 Å². The molecule has 1 saturated heterocycles. The molecule has 0 spiro atoms. The van der Waals surface area contributed by atoms with E-state index in [-0.39, 0.29) is 0 Å². The maximum absolute atomic E-state index is 5.96. The molecule has 1 aromatic rings. The number of likely N-dealkylation sites (tertiary alicyclic amines) is 1. The Labute approximate surface area is 121 Å². The SMILES string of the molecule is CCC1CCN(Cc2csc(C(C)C)n2)C(CN)C1. The zero-order valence-electron chi connectivity index (χ0n) is 12.4. The van der Waals surface area contributed by atoms with Crippen LogP contribution >= 0.6 is 11.3 Å². The average molecular weight is 281 g/mol. The Morgan fingerprint density at radius 3 is 2.89 bits per heavy atom. The maximum Gasteiger partial charge on any atom is 0.0954 e. The van der Waals surface area contributed by atoms with Crippen molar-refractivity contribution in [3.05, 3.63) is 16.1 Å². The fourth-order valence-corrected chi connectivity index (χ4v) is 3.70. The lowest BCUT2D eigenvalue weighted by molar-refractivity contribution is 0.106. The van der Waals surface area contributed by atoms with E-state index < -0.39 is 0 Å². The van der Waals surface area contributed by atoms with Crippen LogP contribution in [0.5, 0.6) is 0 Å². The van der Waals surface area contributed by atoms with Gasteiger partial charge >= 0.3 is 0 Å². The molecule has 0 bridgehead atoms. The predicted molar refractivity (Wildman–Crippen MR) is 82.5 cm³/mol. The lowest BCUT2D eigenvalue weighted by Gasteiger charge is -2.38. The normalized spacial score (nSPS) is 25.1. The molecule has 0 aromatic carbocycles. The second kappa shape index (κ2) is 6.82. The van der Waals surface area contributed by atoms with E-state index in [1.807, 2.05) is 0 Å². The number of hydrogen-bond acceptors (Lipinski definition) is 4. The van der Waals surface area contributed by atoms with Crippen molar-refractivity contribution < 1.29 is 0 Å². The summed E-state index contributed by atoms with van der Waals surface area (Å²) in [6, 6.07) is 0.544. The van der Waals surface area contributed by atoms with Gasteiger partial charge in [-0.1, -0.05) is 27.2 Å². The van der Waals surface area contributed by atoms with Crippen LogP contribution in [-0.2, 0) is 6.54 Å². The Hall–Kier alpha value is -0.450. The smallest absolute Gasteiger partial charge is 0.0954 e. The summed E-state index contributed by atoms with van der Waals surface area (Å²) in [5, 5.41) is 3.47. The quantitative estimate of drug-likeness (QED) is 0.901. The minimum absolute atomic E-state index is 0.537. The van der Waals surface area contributed by atoms with Gasteiger partial charge in [0.1, 0.15) is 0 Å². The molecule has 108 valence electrons. The van der Waals surface area contributed by atoms with E-state index in [1.54, 1.807) is 11.3 Å². The van der Waals surface area contributed by atoms with Crippen LogP contribution in [0.3, 0.4) is 0 Å². The van der Waals surface area contributed by atoms with E-state index in [0.717, 1.165) is 19.0 Å². The van der Waals surface area contributed by atoms with Gasteiger partial charge in [-0.3, -0.25) is 4.90 Å². The summed E-state index contributed by atoms with van der Waals surface area (Å²) in [6.07, 6.45) is 3.86. The van der Waals surface area contributed by atoms with Gasteiger partial charge in [-0.25, -0.2) is 4.98 Å². The monoisotopic (exact) mass is 281 g/mol. The van der Waals surface area contributed by atoms with Crippen LogP contribution in [0.15, 0.2) is 5.38 Å². The highest BCUT2D eigenvalue weighted by Gasteiger charge is 2.27. The van der Waals surface area contributed by atoms with E-state index in [9.17, 15) is 0 Å². The molecule has 2 rings (SSSR count). The minimum atomic E-state index is 0.537. The Kier molecular flexibility index (Phi) is 5.37. The molecule has 0 amide bonds. The minimum Gasteiger partial charge on any atom is -0.329 e. The van der Waals surface area contributed by atoms with Gasteiger partial charge in [0, 0.05) is 30.4 Å². The van der Waals surface area contributed by atoms with E-state index in [1.165, 1.54) is 36.5 Å². The number of rotatable bonds is 5. The van der Waals surface area contributed by atoms with E-state index in [2.05, 4.69) is 31.1 Å². The highest BCUT2D eigenvalue weighted by Crippen LogP contribution is 2.27. The van der Waals surface area contributed by atoms with Crippen molar-refractivity contribution in [2.75, 3.05) is 13.1 Å². The van der Waals surface area contributed by atoms with Crippen molar-refractivity contribution in [1.82, 2.24) is 9.88 Å². The van der Waals surface area contributed by atoms with Gasteiger partial charge in [-0.2, -0.15) is 0 Å². The largest absolute Gasteiger partial charge is 0.329 e. The van der Waals surface area contributed by atoms with E-state index in [4.69, 9.17) is 10.7 Å². The number of piperidine rings is 1. The van der Waals surface area contributed by atoms with Crippen molar-refractivity contribution in [1.29, 1.82) is 0 Å². The molecule has 2 heterocycles. The summed E-state index contributed by atoms with van der Waals surface area (Å²) in [5.74, 6) is 1.40. The number of nitrogens with zero attached hydrogens (tertiary/aromatic N) is 2. The van der Waals surface area contributed by atoms with Gasteiger partial charge in [0.15, 0.2) is 0 Å². The molecule has 0 radical (unpaired) electrons. The molecule has 0 aliphatic carbocycles. The number of hydrogen-bond donors (Lipinski definition) is 1. The molecule has 2 N–H and O–H groups in total. The standard InChI is InChI=1S/C15H27N3S/c1-4-12-5-6-18(14(7-12)8-16)9-13-10-19-15(17-13)11(2)3/h10-12,14H,4-9,16H2,1-3H3. The Bertz CT molecular complexity index is 388. The maximum atomic E-state index is 5.96. The van der Waals surface area contributed by atoms with Crippen LogP contribution in [-0.4, -0.2) is 29.0 Å². The third-order valence-corrected chi connectivity index (χ3v) is 5.42. The van der Waals surface area contributed by atoms with E-state index in [0.29, 0.717) is 12.0 Å². The first-order valence-corrected chi connectivity index (χ1v) is 8.40. The van der Waals surface area contributed by atoms with E-state index >= 15 is 0 Å². The molecule has 3 nitrogen and oxygen atoms in total. The number of aromatic nitrogens is 1. The summed E-state index contributed by atoms with van der Waals surface area (Å²) >= 11 is 1.79. The molecule has 1 aromatic heterocycles. The van der Waals surface area contributed by atoms with Gasteiger partial charge in [-0.15, -0.1) is 11.3 Å². The molecule has 19 heavy (non-hydrogen) atoms. The van der Waals surface area contributed by atoms with Crippen molar-refractivity contribution in [3.8, 4) is 0 Å². The van der Waals surface area contributed by atoms with Crippen LogP contribution in [0, 0.1) is 5.92 Å². The van der Waals surface area contributed by atoms with Crippen LogP contribution < -0.4 is 5.73 Å². The topological polar surface area (TPSA) is 42.2 Å². The van der Waals surface area contributed by atoms with Crippen molar-refractivity contribution in [2.24, 2.45) is 11.7 Å². The van der Waals surface area contributed by atoms with Gasteiger partial charge < -0.3 is 5.73 Å². The van der Waals surface area contributed by atoms with Crippen LogP contribution in [0.1, 0.15) is 56.7 Å². The van der Waals surface area contributed by atoms with Crippen molar-refractivity contribution >= 4 is 11.3 Å². The Morgan fingerprint density at radius 2 is 2.32 bits per heavy atom. The predicted octanol–water partition coefficient (Wildman–Crippen LogP) is 3.22. The summed E-state index contributed by atoms with van der Waals surface area (Å²) in [4.78, 5) is 7.28. The van der Waals surface area contributed by atoms with Crippen molar-refractivity contribution in [3.63, 3.8) is 0 Å². The lowest BCUT2D eigenvalue weighted by Crippen LogP contribution is -2.46. The summed E-state index contributed by atoms with van der Waals surface area (Å²) in [7, 11) is 0. The fourth-order valence-electron chi connectivity index (χ4n) is 2.88. The first-order chi connectivity index (χ1) is 9.13. The highest BCUT2D eigenvalue weighted by atomic mass is 32.1.